The van der Waals surface area contributed by atoms with Gasteiger partial charge in [-0.3, -0.25) is 4.79 Å². The summed E-state index contributed by atoms with van der Waals surface area (Å²) < 4.78 is 28.4. The molecule has 0 fully saturated rings. The Morgan fingerprint density at radius 2 is 1.65 bits per heavy atom. The van der Waals surface area contributed by atoms with Crippen molar-refractivity contribution >= 4 is 13.6 Å². The molecule has 0 bridgehead atoms. The zero-order valence-electron chi connectivity index (χ0n) is 13.6. The highest BCUT2D eigenvalue weighted by Crippen LogP contribution is 2.53. The van der Waals surface area contributed by atoms with Crippen molar-refractivity contribution in [3.63, 3.8) is 0 Å². The summed E-state index contributed by atoms with van der Waals surface area (Å²) in [6, 6.07) is 0. The van der Waals surface area contributed by atoms with Crippen LogP contribution in [0.15, 0.2) is 11.3 Å². The zero-order chi connectivity index (χ0) is 16.0. The Balaban J connectivity index is 5.44. The molecule has 0 aromatic heterocycles. The molecule has 6 heteroatoms. The van der Waals surface area contributed by atoms with Crippen LogP contribution < -0.4 is 0 Å². The maximum atomic E-state index is 12.5. The number of allylic oxidation sites excluding steroid dienone is 1. The highest BCUT2D eigenvalue weighted by atomic mass is 31.2. The van der Waals surface area contributed by atoms with Gasteiger partial charge >= 0.3 is 13.6 Å². The number of carbonyl (C=O) groups is 1. The molecule has 0 unspecified atom stereocenters. The topological polar surface area (TPSA) is 61.8 Å². The molecule has 0 aliphatic carbocycles. The van der Waals surface area contributed by atoms with Gasteiger partial charge in [-0.1, -0.05) is 6.92 Å². The fourth-order valence-electron chi connectivity index (χ4n) is 1.75. The number of hydrogen-bond donors (Lipinski definition) is 0. The summed E-state index contributed by atoms with van der Waals surface area (Å²) in [7, 11) is -3.23. The van der Waals surface area contributed by atoms with E-state index in [0.29, 0.717) is 12.4 Å². The molecule has 0 aliphatic rings. The number of esters is 1. The van der Waals surface area contributed by atoms with Crippen LogP contribution in [-0.4, -0.2) is 25.3 Å². The van der Waals surface area contributed by atoms with Gasteiger partial charge in [0, 0.05) is 0 Å². The molecule has 0 aliphatic heterocycles. The van der Waals surface area contributed by atoms with Crippen LogP contribution in [0.5, 0.6) is 0 Å². The van der Waals surface area contributed by atoms with Crippen LogP contribution in [0.1, 0.15) is 48.5 Å². The third-order valence-electron chi connectivity index (χ3n) is 2.75. The molecular formula is C14H27O5P. The Hall–Kier alpha value is -0.800. The Labute approximate surface area is 122 Å². The van der Waals surface area contributed by atoms with E-state index < -0.39 is 19.0 Å². The summed E-state index contributed by atoms with van der Waals surface area (Å²) in [5.74, 6) is -0.0510. The first-order chi connectivity index (χ1) is 9.14. The Morgan fingerprint density at radius 1 is 1.10 bits per heavy atom. The number of ether oxygens (including phenoxy) is 1. The van der Waals surface area contributed by atoms with Gasteiger partial charge in [0.15, 0.2) is 0 Å². The van der Waals surface area contributed by atoms with Crippen molar-refractivity contribution in [1.29, 1.82) is 0 Å². The Kier molecular flexibility index (Phi) is 7.53. The van der Waals surface area contributed by atoms with Gasteiger partial charge < -0.3 is 13.8 Å². The fourth-order valence-corrected chi connectivity index (χ4v) is 3.20. The van der Waals surface area contributed by atoms with E-state index >= 15 is 0 Å². The van der Waals surface area contributed by atoms with Crippen molar-refractivity contribution in [2.24, 2.45) is 5.41 Å². The van der Waals surface area contributed by atoms with Crippen LogP contribution in [-0.2, 0) is 23.1 Å². The van der Waals surface area contributed by atoms with Crippen molar-refractivity contribution in [3.05, 3.63) is 11.3 Å². The van der Waals surface area contributed by atoms with Crippen molar-refractivity contribution in [2.75, 3.05) is 19.4 Å². The smallest absolute Gasteiger partial charge is 0.378 e. The molecule has 0 spiro atoms. The van der Waals surface area contributed by atoms with Gasteiger partial charge in [-0.2, -0.15) is 0 Å². The quantitative estimate of drug-likeness (QED) is 0.383. The van der Waals surface area contributed by atoms with Crippen molar-refractivity contribution in [2.45, 2.75) is 48.5 Å². The highest BCUT2D eigenvalue weighted by Gasteiger charge is 2.40. The zero-order valence-corrected chi connectivity index (χ0v) is 14.5. The number of hydrogen-bond acceptors (Lipinski definition) is 5. The lowest BCUT2D eigenvalue weighted by molar-refractivity contribution is -0.152. The van der Waals surface area contributed by atoms with Crippen LogP contribution >= 0.6 is 7.60 Å². The van der Waals surface area contributed by atoms with E-state index in [2.05, 4.69) is 0 Å². The third kappa shape index (κ3) is 4.95. The van der Waals surface area contributed by atoms with Crippen LogP contribution in [0, 0.1) is 5.41 Å². The van der Waals surface area contributed by atoms with Crippen LogP contribution in [0.2, 0.25) is 0 Å². The van der Waals surface area contributed by atoms with E-state index in [1.54, 1.807) is 34.6 Å². The van der Waals surface area contributed by atoms with E-state index in [0.717, 1.165) is 5.57 Å². The van der Waals surface area contributed by atoms with Gasteiger partial charge in [0.1, 0.15) is 11.2 Å². The van der Waals surface area contributed by atoms with E-state index in [1.807, 2.05) is 13.8 Å². The van der Waals surface area contributed by atoms with E-state index in [4.69, 9.17) is 13.8 Å². The number of carbonyl (C=O) groups excluding carboxylic acids is 1. The van der Waals surface area contributed by atoms with Crippen LogP contribution in [0.3, 0.4) is 0 Å². The van der Waals surface area contributed by atoms with Gasteiger partial charge in [-0.05, 0) is 47.1 Å². The predicted molar refractivity (Wildman–Crippen MR) is 79.6 cm³/mol. The SMILES string of the molecule is CCOC(=O)C(C)(C)C(O[P@](=O)(CC)OCC)=C(C)C. The molecule has 0 aromatic carbocycles. The van der Waals surface area contributed by atoms with Crippen LogP contribution in [0.25, 0.3) is 0 Å². The molecule has 0 N–H and O–H groups in total. The molecule has 20 heavy (non-hydrogen) atoms. The summed E-state index contributed by atoms with van der Waals surface area (Å²) in [5.41, 5.74) is -0.229. The minimum Gasteiger partial charge on any atom is -0.465 e. The summed E-state index contributed by atoms with van der Waals surface area (Å²) in [6.45, 7) is 12.8. The molecule has 1 atom stereocenters. The predicted octanol–water partition coefficient (Wildman–Crippen LogP) is 4.14. The normalized spacial score (nSPS) is 14.3. The molecule has 0 radical (unpaired) electrons. The lowest BCUT2D eigenvalue weighted by Gasteiger charge is -2.29. The highest BCUT2D eigenvalue weighted by molar-refractivity contribution is 7.53. The van der Waals surface area contributed by atoms with Gasteiger partial charge in [0.05, 0.1) is 19.4 Å². The lowest BCUT2D eigenvalue weighted by Crippen LogP contribution is -2.30. The Morgan fingerprint density at radius 3 is 2.00 bits per heavy atom. The third-order valence-corrected chi connectivity index (χ3v) is 4.64. The molecular weight excluding hydrogens is 279 g/mol. The second kappa shape index (κ2) is 7.84. The minimum absolute atomic E-state index is 0.247. The van der Waals surface area contributed by atoms with Crippen molar-refractivity contribution in [1.82, 2.24) is 0 Å². The second-order valence-corrected chi connectivity index (χ2v) is 7.41. The maximum absolute atomic E-state index is 12.5. The van der Waals surface area contributed by atoms with Crippen molar-refractivity contribution in [3.8, 4) is 0 Å². The van der Waals surface area contributed by atoms with Gasteiger partial charge in [-0.15, -0.1) is 0 Å². The lowest BCUT2D eigenvalue weighted by atomic mass is 9.89. The molecule has 0 saturated carbocycles. The largest absolute Gasteiger partial charge is 0.465 e. The van der Waals surface area contributed by atoms with E-state index in [-0.39, 0.29) is 12.8 Å². The Bertz CT molecular complexity index is 408. The molecule has 0 saturated heterocycles. The first kappa shape index (κ1) is 19.2. The maximum Gasteiger partial charge on any atom is 0.378 e. The minimum atomic E-state index is -3.23. The molecule has 0 amide bonds. The molecule has 5 nitrogen and oxygen atoms in total. The average molecular weight is 306 g/mol. The van der Waals surface area contributed by atoms with Crippen molar-refractivity contribution < 1.29 is 23.1 Å². The monoisotopic (exact) mass is 306 g/mol. The van der Waals surface area contributed by atoms with Gasteiger partial charge in [-0.25, -0.2) is 4.57 Å². The van der Waals surface area contributed by atoms with Crippen LogP contribution in [0.4, 0.5) is 0 Å². The van der Waals surface area contributed by atoms with E-state index in [9.17, 15) is 9.36 Å². The average Bonchev–Trinajstić information content (AvgIpc) is 2.36. The summed E-state index contributed by atoms with van der Waals surface area (Å²) >= 11 is 0. The standard InChI is InChI=1S/C14H27O5P/c1-8-17-13(15)14(6,7)12(11(4)5)19-20(16,10-3)18-9-2/h8-10H2,1-7H3/t20-/m0/s1. The number of rotatable bonds is 8. The van der Waals surface area contributed by atoms with Gasteiger partial charge in [0.2, 0.25) is 0 Å². The first-order valence-electron chi connectivity index (χ1n) is 6.92. The molecule has 0 rings (SSSR count). The summed E-state index contributed by atoms with van der Waals surface area (Å²) in [5, 5.41) is 0. The van der Waals surface area contributed by atoms with E-state index in [1.165, 1.54) is 0 Å². The summed E-state index contributed by atoms with van der Waals surface area (Å²) in [6.07, 6.45) is 0.247. The first-order valence-corrected chi connectivity index (χ1v) is 8.65. The molecule has 0 aromatic rings. The molecule has 0 heterocycles. The fraction of sp³-hybridized carbons (Fsp3) is 0.786. The summed E-state index contributed by atoms with van der Waals surface area (Å²) in [4.78, 5) is 12.1. The molecule has 118 valence electrons. The second-order valence-electron chi connectivity index (χ2n) is 5.11. The van der Waals surface area contributed by atoms with Gasteiger partial charge in [0.25, 0.3) is 0 Å².